The molecule has 6 nitrogen and oxygen atoms in total. The van der Waals surface area contributed by atoms with Crippen molar-refractivity contribution in [3.05, 3.63) is 18.0 Å². The summed E-state index contributed by atoms with van der Waals surface area (Å²) >= 11 is 0. The molecule has 0 aromatic carbocycles. The molecule has 1 aromatic rings. The van der Waals surface area contributed by atoms with Crippen LogP contribution in [0, 0.1) is 0 Å². The number of fused-ring (bicyclic) bond motifs is 1. The van der Waals surface area contributed by atoms with E-state index in [-0.39, 0.29) is 17.9 Å². The SMILES string of the molecule is CC1C(=O)N2CCCCC2C(=O)N1Cc1ccno1. The van der Waals surface area contributed by atoms with Gasteiger partial charge in [0.15, 0.2) is 5.76 Å². The molecule has 2 atom stereocenters. The van der Waals surface area contributed by atoms with Crippen molar-refractivity contribution in [3.63, 3.8) is 0 Å². The molecular formula is C13H17N3O3. The van der Waals surface area contributed by atoms with Crippen LogP contribution in [0.15, 0.2) is 16.8 Å². The van der Waals surface area contributed by atoms with Crippen molar-refractivity contribution in [1.29, 1.82) is 0 Å². The van der Waals surface area contributed by atoms with Crippen molar-refractivity contribution < 1.29 is 14.1 Å². The van der Waals surface area contributed by atoms with Gasteiger partial charge in [0, 0.05) is 12.6 Å². The molecule has 102 valence electrons. The summed E-state index contributed by atoms with van der Waals surface area (Å²) in [5.41, 5.74) is 0. The summed E-state index contributed by atoms with van der Waals surface area (Å²) in [6.45, 7) is 2.80. The van der Waals surface area contributed by atoms with E-state index in [0.29, 0.717) is 18.8 Å². The molecule has 19 heavy (non-hydrogen) atoms. The van der Waals surface area contributed by atoms with Crippen LogP contribution in [0.1, 0.15) is 31.9 Å². The maximum absolute atomic E-state index is 12.5. The van der Waals surface area contributed by atoms with Gasteiger partial charge in [-0.25, -0.2) is 0 Å². The Kier molecular flexibility index (Phi) is 3.00. The van der Waals surface area contributed by atoms with Crippen molar-refractivity contribution in [2.24, 2.45) is 0 Å². The molecule has 2 unspecified atom stereocenters. The predicted molar refractivity (Wildman–Crippen MR) is 65.9 cm³/mol. The molecule has 0 N–H and O–H groups in total. The number of piperazine rings is 1. The molecule has 3 heterocycles. The van der Waals surface area contributed by atoms with Crippen molar-refractivity contribution in [2.75, 3.05) is 6.54 Å². The quantitative estimate of drug-likeness (QED) is 0.791. The van der Waals surface area contributed by atoms with Crippen molar-refractivity contribution in [1.82, 2.24) is 15.0 Å². The lowest BCUT2D eigenvalue weighted by Gasteiger charge is -2.45. The molecule has 0 aliphatic carbocycles. The largest absolute Gasteiger partial charge is 0.360 e. The lowest BCUT2D eigenvalue weighted by atomic mass is 9.95. The third kappa shape index (κ3) is 2.01. The Balaban J connectivity index is 1.83. The highest BCUT2D eigenvalue weighted by molar-refractivity contribution is 5.96. The number of carbonyl (C=O) groups is 2. The zero-order valence-corrected chi connectivity index (χ0v) is 10.9. The summed E-state index contributed by atoms with van der Waals surface area (Å²) in [6.07, 6.45) is 4.31. The Morgan fingerprint density at radius 2 is 2.21 bits per heavy atom. The van der Waals surface area contributed by atoms with Crippen LogP contribution in [0.25, 0.3) is 0 Å². The molecule has 0 bridgehead atoms. The molecule has 2 amide bonds. The second-order valence-electron chi connectivity index (χ2n) is 5.16. The van der Waals surface area contributed by atoms with Crippen LogP contribution >= 0.6 is 0 Å². The molecule has 0 spiro atoms. The lowest BCUT2D eigenvalue weighted by molar-refractivity contribution is -0.163. The zero-order valence-electron chi connectivity index (χ0n) is 10.9. The number of piperidine rings is 1. The van der Waals surface area contributed by atoms with Gasteiger partial charge in [0.2, 0.25) is 11.8 Å². The summed E-state index contributed by atoms with van der Waals surface area (Å²) in [7, 11) is 0. The van der Waals surface area contributed by atoms with E-state index in [4.69, 9.17) is 4.52 Å². The number of amides is 2. The van der Waals surface area contributed by atoms with E-state index in [1.54, 1.807) is 29.0 Å². The first-order valence-electron chi connectivity index (χ1n) is 6.69. The number of aromatic nitrogens is 1. The molecule has 0 saturated carbocycles. The monoisotopic (exact) mass is 263 g/mol. The second kappa shape index (κ2) is 4.68. The van der Waals surface area contributed by atoms with Gasteiger partial charge in [0.1, 0.15) is 12.1 Å². The summed E-state index contributed by atoms with van der Waals surface area (Å²) in [4.78, 5) is 28.2. The summed E-state index contributed by atoms with van der Waals surface area (Å²) in [5.74, 6) is 0.685. The average molecular weight is 263 g/mol. The third-order valence-electron chi connectivity index (χ3n) is 4.00. The predicted octanol–water partition coefficient (Wildman–Crippen LogP) is 0.786. The fourth-order valence-electron chi connectivity index (χ4n) is 2.91. The van der Waals surface area contributed by atoms with Crippen LogP contribution in [-0.4, -0.2) is 45.4 Å². The van der Waals surface area contributed by atoms with E-state index in [1.807, 2.05) is 0 Å². The number of rotatable bonds is 2. The zero-order chi connectivity index (χ0) is 13.4. The van der Waals surface area contributed by atoms with Gasteiger partial charge < -0.3 is 14.3 Å². The highest BCUT2D eigenvalue weighted by Gasteiger charge is 2.44. The average Bonchev–Trinajstić information content (AvgIpc) is 2.94. The molecule has 1 aromatic heterocycles. The van der Waals surface area contributed by atoms with Gasteiger partial charge >= 0.3 is 0 Å². The summed E-state index contributed by atoms with van der Waals surface area (Å²) in [6, 6.07) is 1.02. The lowest BCUT2D eigenvalue weighted by Crippen LogP contribution is -2.64. The van der Waals surface area contributed by atoms with Crippen LogP contribution in [-0.2, 0) is 16.1 Å². The van der Waals surface area contributed by atoms with Crippen LogP contribution in [0.3, 0.4) is 0 Å². The molecule has 6 heteroatoms. The maximum Gasteiger partial charge on any atom is 0.246 e. The van der Waals surface area contributed by atoms with Crippen molar-refractivity contribution in [3.8, 4) is 0 Å². The van der Waals surface area contributed by atoms with E-state index in [1.165, 1.54) is 0 Å². The van der Waals surface area contributed by atoms with E-state index in [2.05, 4.69) is 5.16 Å². The minimum absolute atomic E-state index is 0.0307. The Labute approximate surface area is 111 Å². The normalized spacial score (nSPS) is 27.6. The van der Waals surface area contributed by atoms with E-state index >= 15 is 0 Å². The molecular weight excluding hydrogens is 246 g/mol. The van der Waals surface area contributed by atoms with Gasteiger partial charge in [-0.1, -0.05) is 5.16 Å². The topological polar surface area (TPSA) is 66.7 Å². The van der Waals surface area contributed by atoms with E-state index < -0.39 is 6.04 Å². The van der Waals surface area contributed by atoms with Gasteiger partial charge in [0.25, 0.3) is 0 Å². The highest BCUT2D eigenvalue weighted by atomic mass is 16.5. The Bertz CT molecular complexity index is 485. The van der Waals surface area contributed by atoms with Gasteiger partial charge in [0.05, 0.1) is 12.7 Å². The highest BCUT2D eigenvalue weighted by Crippen LogP contribution is 2.27. The number of hydrogen-bond acceptors (Lipinski definition) is 4. The molecule has 3 rings (SSSR count). The van der Waals surface area contributed by atoms with E-state index in [0.717, 1.165) is 19.3 Å². The van der Waals surface area contributed by atoms with Crippen molar-refractivity contribution >= 4 is 11.8 Å². The van der Waals surface area contributed by atoms with Crippen LogP contribution in [0.4, 0.5) is 0 Å². The number of carbonyl (C=O) groups excluding carboxylic acids is 2. The molecule has 2 fully saturated rings. The molecule has 2 aliphatic heterocycles. The fraction of sp³-hybridized carbons (Fsp3) is 0.615. The molecule has 0 radical (unpaired) electrons. The fourth-order valence-corrected chi connectivity index (χ4v) is 2.91. The first-order valence-corrected chi connectivity index (χ1v) is 6.69. The van der Waals surface area contributed by atoms with Gasteiger partial charge in [-0.3, -0.25) is 9.59 Å². The van der Waals surface area contributed by atoms with Crippen LogP contribution in [0.2, 0.25) is 0 Å². The molecule has 2 aliphatic rings. The molecule has 2 saturated heterocycles. The summed E-state index contributed by atoms with van der Waals surface area (Å²) in [5, 5.41) is 3.63. The number of hydrogen-bond donors (Lipinski definition) is 0. The number of nitrogens with zero attached hydrogens (tertiary/aromatic N) is 3. The first kappa shape index (κ1) is 12.2. The van der Waals surface area contributed by atoms with Gasteiger partial charge in [-0.2, -0.15) is 0 Å². The van der Waals surface area contributed by atoms with Crippen LogP contribution in [0.5, 0.6) is 0 Å². The van der Waals surface area contributed by atoms with Crippen LogP contribution < -0.4 is 0 Å². The minimum Gasteiger partial charge on any atom is -0.360 e. The Hall–Kier alpha value is -1.85. The third-order valence-corrected chi connectivity index (χ3v) is 4.00. The Morgan fingerprint density at radius 3 is 2.95 bits per heavy atom. The Morgan fingerprint density at radius 1 is 1.37 bits per heavy atom. The van der Waals surface area contributed by atoms with Gasteiger partial charge in [-0.05, 0) is 26.2 Å². The maximum atomic E-state index is 12.5. The van der Waals surface area contributed by atoms with Gasteiger partial charge in [-0.15, -0.1) is 0 Å². The second-order valence-corrected chi connectivity index (χ2v) is 5.16. The van der Waals surface area contributed by atoms with E-state index in [9.17, 15) is 9.59 Å². The smallest absolute Gasteiger partial charge is 0.246 e. The first-order chi connectivity index (χ1) is 9.18. The minimum atomic E-state index is -0.424. The standard InChI is InChI=1S/C13H17N3O3/c1-9-12(17)15-7-3-2-4-11(15)13(18)16(9)8-10-5-6-14-19-10/h5-6,9,11H,2-4,7-8H2,1H3. The summed E-state index contributed by atoms with van der Waals surface area (Å²) < 4.78 is 5.04. The van der Waals surface area contributed by atoms with Crippen molar-refractivity contribution in [2.45, 2.75) is 44.8 Å².